The molecule has 0 spiro atoms. The zero-order valence-corrected chi connectivity index (χ0v) is 9.31. The van der Waals surface area contributed by atoms with Gasteiger partial charge in [0.25, 0.3) is 0 Å². The fourth-order valence-corrected chi connectivity index (χ4v) is 2.23. The molecule has 0 saturated heterocycles. The molecule has 0 radical (unpaired) electrons. The van der Waals surface area contributed by atoms with Crippen LogP contribution in [0, 0.1) is 0 Å². The second-order valence-corrected chi connectivity index (χ2v) is 4.56. The van der Waals surface area contributed by atoms with E-state index in [2.05, 4.69) is 10.2 Å². The molecule has 1 saturated carbocycles. The first-order valence-electron chi connectivity index (χ1n) is 4.51. The summed E-state index contributed by atoms with van der Waals surface area (Å²) >= 11 is 11.8. The summed E-state index contributed by atoms with van der Waals surface area (Å²) in [6.07, 6.45) is 2.10. The Kier molecular flexibility index (Phi) is 2.41. The van der Waals surface area contributed by atoms with Gasteiger partial charge in [-0.25, -0.2) is 0 Å². The van der Waals surface area contributed by atoms with Gasteiger partial charge in [0.1, 0.15) is 0 Å². The number of nitrogens with zero attached hydrogens (tertiary/aromatic N) is 2. The molecule has 1 atom stereocenters. The lowest BCUT2D eigenvalue weighted by molar-refractivity contribution is 0.553. The Bertz CT molecular complexity index is 361. The second kappa shape index (κ2) is 3.33. The summed E-state index contributed by atoms with van der Waals surface area (Å²) in [6, 6.07) is 1.84. The van der Waals surface area contributed by atoms with E-state index < -0.39 is 0 Å². The van der Waals surface area contributed by atoms with Crippen molar-refractivity contribution >= 4 is 23.2 Å². The van der Waals surface area contributed by atoms with E-state index in [1.807, 2.05) is 6.92 Å². The van der Waals surface area contributed by atoms with Crippen LogP contribution in [0.15, 0.2) is 6.07 Å². The van der Waals surface area contributed by atoms with Gasteiger partial charge < -0.3 is 5.73 Å². The number of aromatic nitrogens is 2. The smallest absolute Gasteiger partial charge is 0.155 e. The van der Waals surface area contributed by atoms with E-state index in [0.29, 0.717) is 10.3 Å². The van der Waals surface area contributed by atoms with Crippen LogP contribution in [0.5, 0.6) is 0 Å². The highest BCUT2D eigenvalue weighted by Crippen LogP contribution is 2.52. The van der Waals surface area contributed by atoms with E-state index in [9.17, 15) is 0 Å². The average Bonchev–Trinajstić information content (AvgIpc) is 2.90. The molecule has 1 aromatic heterocycles. The predicted molar refractivity (Wildman–Crippen MR) is 56.6 cm³/mol. The predicted octanol–water partition coefficient (Wildman–Crippen LogP) is 2.16. The molecule has 3 nitrogen and oxygen atoms in total. The Morgan fingerprint density at radius 1 is 1.43 bits per heavy atom. The Morgan fingerprint density at radius 2 is 2.07 bits per heavy atom. The van der Waals surface area contributed by atoms with Gasteiger partial charge in [-0.15, -0.1) is 10.2 Å². The first-order valence-corrected chi connectivity index (χ1v) is 5.26. The molecule has 0 aromatic carbocycles. The molecule has 0 amide bonds. The molecule has 1 unspecified atom stereocenters. The highest BCUT2D eigenvalue weighted by molar-refractivity contribution is 6.31. The van der Waals surface area contributed by atoms with Crippen LogP contribution in [-0.4, -0.2) is 16.2 Å². The third-order valence-corrected chi connectivity index (χ3v) is 3.38. The average molecular weight is 232 g/mol. The van der Waals surface area contributed by atoms with Crippen LogP contribution >= 0.6 is 23.2 Å². The molecule has 1 heterocycles. The van der Waals surface area contributed by atoms with E-state index >= 15 is 0 Å². The number of hydrogen-bond acceptors (Lipinski definition) is 3. The molecule has 76 valence electrons. The minimum atomic E-state index is -0.0172. The summed E-state index contributed by atoms with van der Waals surface area (Å²) in [6.45, 7) is 1.98. The van der Waals surface area contributed by atoms with Gasteiger partial charge in [-0.3, -0.25) is 0 Å². The third kappa shape index (κ3) is 1.49. The number of hydrogen-bond donors (Lipinski definition) is 1. The second-order valence-electron chi connectivity index (χ2n) is 3.82. The topological polar surface area (TPSA) is 51.8 Å². The minimum Gasteiger partial charge on any atom is -0.327 e. The first-order chi connectivity index (χ1) is 6.56. The molecular weight excluding hydrogens is 221 g/mol. The van der Waals surface area contributed by atoms with Gasteiger partial charge in [-0.1, -0.05) is 23.2 Å². The summed E-state index contributed by atoms with van der Waals surface area (Å²) in [5, 5.41) is 8.27. The molecule has 14 heavy (non-hydrogen) atoms. The summed E-state index contributed by atoms with van der Waals surface area (Å²) in [5.41, 5.74) is 6.86. The maximum absolute atomic E-state index is 5.98. The van der Waals surface area contributed by atoms with E-state index in [4.69, 9.17) is 28.9 Å². The molecule has 0 aliphatic heterocycles. The molecule has 1 aliphatic rings. The maximum atomic E-state index is 5.98. The molecule has 1 aromatic rings. The highest BCUT2D eigenvalue weighted by atomic mass is 35.5. The van der Waals surface area contributed by atoms with E-state index in [1.165, 1.54) is 0 Å². The van der Waals surface area contributed by atoms with Crippen molar-refractivity contribution in [2.75, 3.05) is 0 Å². The quantitative estimate of drug-likeness (QED) is 0.849. The SMILES string of the molecule is CC(N)C1(c2cc(Cl)nnc2Cl)CC1. The maximum Gasteiger partial charge on any atom is 0.155 e. The number of nitrogens with two attached hydrogens (primary N) is 1. The molecule has 1 fully saturated rings. The van der Waals surface area contributed by atoms with Crippen molar-refractivity contribution in [3.8, 4) is 0 Å². The fraction of sp³-hybridized carbons (Fsp3) is 0.556. The number of halogens is 2. The van der Waals surface area contributed by atoms with Gasteiger partial charge in [0.15, 0.2) is 10.3 Å². The van der Waals surface area contributed by atoms with Crippen molar-refractivity contribution in [1.82, 2.24) is 10.2 Å². The normalized spacial score (nSPS) is 20.6. The first kappa shape index (κ1) is 10.1. The Morgan fingerprint density at radius 3 is 2.57 bits per heavy atom. The van der Waals surface area contributed by atoms with Crippen molar-refractivity contribution in [2.24, 2.45) is 5.73 Å². The third-order valence-electron chi connectivity index (χ3n) is 2.92. The van der Waals surface area contributed by atoms with E-state index in [0.717, 1.165) is 18.4 Å². The van der Waals surface area contributed by atoms with Crippen molar-refractivity contribution in [3.05, 3.63) is 21.9 Å². The summed E-state index contributed by atoms with van der Waals surface area (Å²) in [7, 11) is 0. The van der Waals surface area contributed by atoms with Gasteiger partial charge in [0, 0.05) is 17.0 Å². The Labute approximate surface area is 92.6 Å². The van der Waals surface area contributed by atoms with Crippen molar-refractivity contribution in [1.29, 1.82) is 0 Å². The lowest BCUT2D eigenvalue weighted by Crippen LogP contribution is -2.32. The van der Waals surface area contributed by atoms with E-state index in [-0.39, 0.29) is 11.5 Å². The summed E-state index contributed by atoms with van der Waals surface area (Å²) < 4.78 is 0. The van der Waals surface area contributed by atoms with Crippen LogP contribution in [-0.2, 0) is 5.41 Å². The largest absolute Gasteiger partial charge is 0.327 e. The molecule has 1 aliphatic carbocycles. The van der Waals surface area contributed by atoms with Crippen molar-refractivity contribution < 1.29 is 0 Å². The Balaban J connectivity index is 2.46. The molecule has 2 rings (SSSR count). The lowest BCUT2D eigenvalue weighted by Gasteiger charge is -2.20. The van der Waals surface area contributed by atoms with Crippen LogP contribution in [0.2, 0.25) is 10.3 Å². The highest BCUT2D eigenvalue weighted by Gasteiger charge is 2.49. The van der Waals surface area contributed by atoms with Gasteiger partial charge in [0.2, 0.25) is 0 Å². The molecule has 2 N–H and O–H groups in total. The van der Waals surface area contributed by atoms with Gasteiger partial charge >= 0.3 is 0 Å². The van der Waals surface area contributed by atoms with Crippen LogP contribution in [0.1, 0.15) is 25.3 Å². The Hall–Kier alpha value is -0.380. The van der Waals surface area contributed by atoms with Crippen LogP contribution in [0.25, 0.3) is 0 Å². The number of rotatable bonds is 2. The lowest BCUT2D eigenvalue weighted by atomic mass is 9.91. The van der Waals surface area contributed by atoms with Crippen molar-refractivity contribution in [2.45, 2.75) is 31.2 Å². The van der Waals surface area contributed by atoms with Crippen LogP contribution in [0.4, 0.5) is 0 Å². The van der Waals surface area contributed by atoms with Gasteiger partial charge in [-0.05, 0) is 25.8 Å². The van der Waals surface area contributed by atoms with Crippen LogP contribution in [0.3, 0.4) is 0 Å². The summed E-state index contributed by atoms with van der Waals surface area (Å²) in [5.74, 6) is 0. The zero-order valence-electron chi connectivity index (χ0n) is 7.80. The molecule has 5 heteroatoms. The monoisotopic (exact) mass is 231 g/mol. The van der Waals surface area contributed by atoms with Gasteiger partial charge in [0.05, 0.1) is 0 Å². The van der Waals surface area contributed by atoms with Crippen LogP contribution < -0.4 is 5.73 Å². The van der Waals surface area contributed by atoms with Gasteiger partial charge in [-0.2, -0.15) is 0 Å². The van der Waals surface area contributed by atoms with E-state index in [1.54, 1.807) is 6.07 Å². The van der Waals surface area contributed by atoms with Crippen molar-refractivity contribution in [3.63, 3.8) is 0 Å². The molecule has 0 bridgehead atoms. The standard InChI is InChI=1S/C9H11Cl2N3/c1-5(12)9(2-3-9)6-4-7(10)13-14-8(6)11/h4-5H,2-3,12H2,1H3. The zero-order chi connectivity index (χ0) is 10.3. The fourth-order valence-electron chi connectivity index (χ4n) is 1.81. The minimum absolute atomic E-state index is 0.0172. The molecular formula is C9H11Cl2N3. The summed E-state index contributed by atoms with van der Waals surface area (Å²) in [4.78, 5) is 0.